The normalized spacial score (nSPS) is 15.5. The summed E-state index contributed by atoms with van der Waals surface area (Å²) in [6.45, 7) is 10.2. The maximum Gasteiger partial charge on any atom is 0.238 e. The molecule has 8 heteroatoms. The molecule has 30 heavy (non-hydrogen) atoms. The van der Waals surface area contributed by atoms with Crippen molar-refractivity contribution in [3.05, 3.63) is 42.4 Å². The summed E-state index contributed by atoms with van der Waals surface area (Å²) < 4.78 is 1.76. The molecule has 3 aromatic rings. The Hall–Kier alpha value is -3.00. The zero-order chi connectivity index (χ0) is 21.3. The highest BCUT2D eigenvalue weighted by atomic mass is 16.2. The van der Waals surface area contributed by atoms with Crippen LogP contribution in [0.2, 0.25) is 0 Å². The van der Waals surface area contributed by atoms with Gasteiger partial charge in [-0.25, -0.2) is 9.97 Å². The number of carbonyl (C=O) groups is 1. The van der Waals surface area contributed by atoms with Crippen molar-refractivity contribution in [2.45, 2.75) is 26.2 Å². The molecule has 0 spiro atoms. The molecule has 1 aliphatic heterocycles. The number of carbonyl (C=O) groups excluding carboxylic acids is 1. The molecule has 0 bridgehead atoms. The van der Waals surface area contributed by atoms with Crippen molar-refractivity contribution < 1.29 is 4.79 Å². The van der Waals surface area contributed by atoms with Crippen LogP contribution in [0, 0.1) is 0 Å². The highest BCUT2D eigenvalue weighted by Gasteiger charge is 2.22. The average Bonchev–Trinajstić information content (AvgIpc) is 3.09. The van der Waals surface area contributed by atoms with Crippen LogP contribution in [0.5, 0.6) is 0 Å². The van der Waals surface area contributed by atoms with Gasteiger partial charge in [-0.3, -0.25) is 14.4 Å². The minimum absolute atomic E-state index is 0.0173. The Kier molecular flexibility index (Phi) is 5.42. The van der Waals surface area contributed by atoms with Gasteiger partial charge in [0.1, 0.15) is 12.1 Å². The number of amides is 1. The lowest BCUT2D eigenvalue weighted by atomic mass is 9.87. The summed E-state index contributed by atoms with van der Waals surface area (Å²) in [5, 5.41) is 8.26. The third-order valence-corrected chi connectivity index (χ3v) is 5.58. The largest absolute Gasteiger partial charge is 0.353 e. The lowest BCUT2D eigenvalue weighted by Gasteiger charge is -2.35. The standard InChI is InChI=1S/C22H29N7O/c1-22(2,3)16-5-7-17(8-6-16)26-19(30)14-28-9-11-29(12-10-28)21-18-13-25-27(4)20(18)23-15-24-21/h5-8,13,15H,9-12,14H2,1-4H3,(H,26,30). The van der Waals surface area contributed by atoms with Crippen molar-refractivity contribution in [2.24, 2.45) is 7.05 Å². The van der Waals surface area contributed by atoms with Crippen molar-refractivity contribution in [1.82, 2.24) is 24.6 Å². The maximum absolute atomic E-state index is 12.5. The SMILES string of the molecule is Cn1ncc2c(N3CCN(CC(=O)Nc4ccc(C(C)(C)C)cc4)CC3)ncnc21. The van der Waals surface area contributed by atoms with Crippen LogP contribution in [0.4, 0.5) is 11.5 Å². The summed E-state index contributed by atoms with van der Waals surface area (Å²) in [6.07, 6.45) is 3.40. The van der Waals surface area contributed by atoms with Gasteiger partial charge in [0.25, 0.3) is 0 Å². The minimum Gasteiger partial charge on any atom is -0.353 e. The summed E-state index contributed by atoms with van der Waals surface area (Å²) in [4.78, 5) is 25.7. The first kappa shape index (κ1) is 20.3. The van der Waals surface area contributed by atoms with Crippen LogP contribution in [0.1, 0.15) is 26.3 Å². The van der Waals surface area contributed by atoms with E-state index in [1.807, 2.05) is 25.4 Å². The molecule has 1 aliphatic rings. The predicted molar refractivity (Wildman–Crippen MR) is 119 cm³/mol. The second kappa shape index (κ2) is 8.02. The summed E-state index contributed by atoms with van der Waals surface area (Å²) in [7, 11) is 1.88. The van der Waals surface area contributed by atoms with Crippen molar-refractivity contribution in [2.75, 3.05) is 42.9 Å². The quantitative estimate of drug-likeness (QED) is 0.716. The van der Waals surface area contributed by atoms with E-state index in [9.17, 15) is 4.79 Å². The van der Waals surface area contributed by atoms with Crippen LogP contribution >= 0.6 is 0 Å². The van der Waals surface area contributed by atoms with E-state index >= 15 is 0 Å². The van der Waals surface area contributed by atoms with Gasteiger partial charge in [0, 0.05) is 38.9 Å². The van der Waals surface area contributed by atoms with Crippen molar-refractivity contribution >= 4 is 28.4 Å². The molecule has 0 atom stereocenters. The van der Waals surface area contributed by atoms with Crippen LogP contribution in [-0.2, 0) is 17.3 Å². The van der Waals surface area contributed by atoms with E-state index in [2.05, 4.69) is 63.1 Å². The number of anilines is 2. The number of hydrogen-bond acceptors (Lipinski definition) is 6. The number of rotatable bonds is 4. The van der Waals surface area contributed by atoms with Crippen LogP contribution in [0.3, 0.4) is 0 Å². The molecule has 1 fully saturated rings. The van der Waals surface area contributed by atoms with E-state index in [0.717, 1.165) is 48.7 Å². The number of benzene rings is 1. The summed E-state index contributed by atoms with van der Waals surface area (Å²) >= 11 is 0. The lowest BCUT2D eigenvalue weighted by molar-refractivity contribution is -0.117. The van der Waals surface area contributed by atoms with Crippen LogP contribution in [-0.4, -0.2) is 63.3 Å². The van der Waals surface area contributed by atoms with Crippen LogP contribution in [0.15, 0.2) is 36.8 Å². The highest BCUT2D eigenvalue weighted by Crippen LogP contribution is 2.24. The number of nitrogens with zero attached hydrogens (tertiary/aromatic N) is 6. The van der Waals surface area contributed by atoms with Gasteiger partial charge in [-0.2, -0.15) is 5.10 Å². The fourth-order valence-electron chi connectivity index (χ4n) is 3.78. The average molecular weight is 408 g/mol. The van der Waals surface area contributed by atoms with Crippen molar-refractivity contribution in [1.29, 1.82) is 0 Å². The van der Waals surface area contributed by atoms with E-state index in [0.29, 0.717) is 6.54 Å². The molecule has 8 nitrogen and oxygen atoms in total. The zero-order valence-electron chi connectivity index (χ0n) is 18.1. The third kappa shape index (κ3) is 4.28. The lowest BCUT2D eigenvalue weighted by Crippen LogP contribution is -2.49. The van der Waals surface area contributed by atoms with Crippen molar-refractivity contribution in [3.63, 3.8) is 0 Å². The number of aryl methyl sites for hydroxylation is 1. The Labute approximate surface area is 176 Å². The van der Waals surface area contributed by atoms with E-state index in [1.165, 1.54) is 5.56 Å². The fourth-order valence-corrected chi connectivity index (χ4v) is 3.78. The minimum atomic E-state index is 0.0173. The maximum atomic E-state index is 12.5. The summed E-state index contributed by atoms with van der Waals surface area (Å²) in [5.74, 6) is 0.930. The molecule has 1 amide bonds. The first-order valence-corrected chi connectivity index (χ1v) is 10.3. The number of aromatic nitrogens is 4. The molecule has 0 aliphatic carbocycles. The van der Waals surface area contributed by atoms with Crippen LogP contribution in [0.25, 0.3) is 11.0 Å². The zero-order valence-corrected chi connectivity index (χ0v) is 18.1. The molecule has 0 saturated carbocycles. The van der Waals surface area contributed by atoms with E-state index in [1.54, 1.807) is 11.0 Å². The molecule has 3 heterocycles. The van der Waals surface area contributed by atoms with Crippen molar-refractivity contribution in [3.8, 4) is 0 Å². The monoisotopic (exact) mass is 407 g/mol. The van der Waals surface area contributed by atoms with Gasteiger partial charge >= 0.3 is 0 Å². The number of nitrogens with one attached hydrogen (secondary N) is 1. The number of hydrogen-bond donors (Lipinski definition) is 1. The number of piperazine rings is 1. The van der Waals surface area contributed by atoms with Gasteiger partial charge < -0.3 is 10.2 Å². The molecular formula is C22H29N7O. The summed E-state index contributed by atoms with van der Waals surface area (Å²) in [5.41, 5.74) is 3.03. The van der Waals surface area contributed by atoms with E-state index in [4.69, 9.17) is 0 Å². The Morgan fingerprint density at radius 2 is 1.77 bits per heavy atom. The first-order chi connectivity index (χ1) is 14.3. The molecule has 1 saturated heterocycles. The third-order valence-electron chi connectivity index (χ3n) is 5.58. The molecular weight excluding hydrogens is 378 g/mol. The molecule has 2 aromatic heterocycles. The second-order valence-corrected chi connectivity index (χ2v) is 8.84. The molecule has 0 radical (unpaired) electrons. The highest BCUT2D eigenvalue weighted by molar-refractivity contribution is 5.92. The Balaban J connectivity index is 1.32. The Morgan fingerprint density at radius 1 is 1.07 bits per heavy atom. The van der Waals surface area contributed by atoms with Gasteiger partial charge in [-0.1, -0.05) is 32.9 Å². The van der Waals surface area contributed by atoms with Gasteiger partial charge in [0.05, 0.1) is 18.1 Å². The molecule has 0 unspecified atom stereocenters. The van der Waals surface area contributed by atoms with Crippen LogP contribution < -0.4 is 10.2 Å². The van der Waals surface area contributed by atoms with Gasteiger partial charge in [-0.05, 0) is 23.1 Å². The molecule has 1 N–H and O–H groups in total. The van der Waals surface area contributed by atoms with Gasteiger partial charge in [0.15, 0.2) is 5.65 Å². The smallest absolute Gasteiger partial charge is 0.238 e. The molecule has 158 valence electrons. The summed E-state index contributed by atoms with van der Waals surface area (Å²) in [6, 6.07) is 8.11. The fraction of sp³-hybridized carbons (Fsp3) is 0.455. The molecule has 1 aromatic carbocycles. The van der Waals surface area contributed by atoms with Gasteiger partial charge in [-0.15, -0.1) is 0 Å². The predicted octanol–water partition coefficient (Wildman–Crippen LogP) is 2.42. The van der Waals surface area contributed by atoms with E-state index < -0.39 is 0 Å². The Bertz CT molecular complexity index is 1030. The number of fused-ring (bicyclic) bond motifs is 1. The van der Waals surface area contributed by atoms with Gasteiger partial charge in [0.2, 0.25) is 5.91 Å². The first-order valence-electron chi connectivity index (χ1n) is 10.3. The van der Waals surface area contributed by atoms with E-state index in [-0.39, 0.29) is 11.3 Å². The topological polar surface area (TPSA) is 79.2 Å². The second-order valence-electron chi connectivity index (χ2n) is 8.84. The molecule has 4 rings (SSSR count). The Morgan fingerprint density at radius 3 is 2.43 bits per heavy atom.